The number of carbonyl (C=O) groups excluding carboxylic acids is 2. The lowest BCUT2D eigenvalue weighted by molar-refractivity contribution is -0.126. The van der Waals surface area contributed by atoms with E-state index in [-0.39, 0.29) is 17.7 Å². The third kappa shape index (κ3) is 8.23. The number of carbonyl (C=O) groups is 2. The first-order chi connectivity index (χ1) is 18.9. The predicted octanol–water partition coefficient (Wildman–Crippen LogP) is 5.51. The van der Waals surface area contributed by atoms with Gasteiger partial charge in [-0.25, -0.2) is 4.21 Å². The van der Waals surface area contributed by atoms with E-state index in [2.05, 4.69) is 22.2 Å². The first-order valence-corrected chi connectivity index (χ1v) is 15.3. The summed E-state index contributed by atoms with van der Waals surface area (Å²) in [6.45, 7) is 3.34. The Morgan fingerprint density at radius 2 is 1.64 bits per heavy atom. The number of hydrogen-bond donors (Lipinski definition) is 3. The topological polar surface area (TPSA) is 101 Å². The monoisotopic (exact) mass is 547 g/mol. The Hall–Kier alpha value is -3.03. The summed E-state index contributed by atoms with van der Waals surface area (Å²) in [5.74, 6) is 0.207. The maximum atomic E-state index is 13.4. The highest BCUT2D eigenvalue weighted by atomic mass is 32.2. The summed E-state index contributed by atoms with van der Waals surface area (Å²) in [6.07, 6.45) is 7.19. The number of fused-ring (bicyclic) bond motifs is 1. The van der Waals surface area contributed by atoms with Crippen molar-refractivity contribution in [1.82, 2.24) is 10.0 Å². The number of benzene rings is 3. The molecule has 1 aliphatic carbocycles. The summed E-state index contributed by atoms with van der Waals surface area (Å²) in [5.41, 5.74) is 7.77. The van der Waals surface area contributed by atoms with Crippen molar-refractivity contribution in [3.8, 4) is 0 Å². The predicted molar refractivity (Wildman–Crippen MR) is 158 cm³/mol. The van der Waals surface area contributed by atoms with E-state index < -0.39 is 16.9 Å². The highest BCUT2D eigenvalue weighted by Crippen LogP contribution is 2.29. The van der Waals surface area contributed by atoms with Gasteiger partial charge >= 0.3 is 0 Å². The minimum Gasteiger partial charge on any atom is -0.356 e. The average molecular weight is 548 g/mol. The highest BCUT2D eigenvalue weighted by molar-refractivity contribution is 7.83. The summed E-state index contributed by atoms with van der Waals surface area (Å²) in [4.78, 5) is 26.5. The third-order valence-corrected chi connectivity index (χ3v) is 9.03. The second-order valence-electron chi connectivity index (χ2n) is 10.8. The molecule has 0 aromatic heterocycles. The van der Waals surface area contributed by atoms with E-state index in [1.165, 1.54) is 0 Å². The molecule has 0 spiro atoms. The molecule has 4 rings (SSSR count). The zero-order valence-electron chi connectivity index (χ0n) is 22.9. The molecular weight excluding hydrogens is 506 g/mol. The van der Waals surface area contributed by atoms with E-state index in [4.69, 9.17) is 5.73 Å². The molecule has 0 saturated heterocycles. The summed E-state index contributed by atoms with van der Waals surface area (Å²) < 4.78 is 15.6. The maximum absolute atomic E-state index is 13.4. The van der Waals surface area contributed by atoms with Gasteiger partial charge in [0.1, 0.15) is 0 Å². The van der Waals surface area contributed by atoms with Crippen molar-refractivity contribution in [2.75, 3.05) is 13.1 Å². The largest absolute Gasteiger partial charge is 0.356 e. The standard InChI is InChI=1S/C32H41N3O3S/c1-23-10-18-29(19-11-23)39(38)35-32(37)30(28-17-16-25-7-4-5-8-27(25)21-28)9-3-2-6-20-34-31(36)26-14-12-24(22-33)13-15-26/h4-5,7-8,10-11,16-19,21,24,26,30H,2-3,6,9,12-15,20,22,33H2,1H3,(H,34,36)(H,35,37). The van der Waals surface area contributed by atoms with Crippen LogP contribution in [0.2, 0.25) is 0 Å². The van der Waals surface area contributed by atoms with Gasteiger partial charge in [0.05, 0.1) is 10.8 Å². The fourth-order valence-electron chi connectivity index (χ4n) is 5.42. The van der Waals surface area contributed by atoms with Crippen LogP contribution in [-0.2, 0) is 20.6 Å². The lowest BCUT2D eigenvalue weighted by Crippen LogP contribution is -2.34. The van der Waals surface area contributed by atoms with Crippen LogP contribution in [0, 0.1) is 18.8 Å². The van der Waals surface area contributed by atoms with E-state index in [1.54, 1.807) is 12.1 Å². The van der Waals surface area contributed by atoms with Crippen molar-refractivity contribution in [3.05, 3.63) is 77.9 Å². The van der Waals surface area contributed by atoms with Crippen molar-refractivity contribution in [2.24, 2.45) is 17.6 Å². The average Bonchev–Trinajstić information content (AvgIpc) is 2.96. The second kappa shape index (κ2) is 14.4. The van der Waals surface area contributed by atoms with Crippen LogP contribution in [0.1, 0.15) is 68.4 Å². The summed E-state index contributed by atoms with van der Waals surface area (Å²) in [6, 6.07) is 21.6. The maximum Gasteiger partial charge on any atom is 0.239 e. The molecule has 0 aliphatic heterocycles. The molecule has 1 aliphatic rings. The molecule has 39 heavy (non-hydrogen) atoms. The number of aryl methyl sites for hydroxylation is 1. The Morgan fingerprint density at radius 1 is 0.923 bits per heavy atom. The van der Waals surface area contributed by atoms with Crippen LogP contribution in [0.15, 0.2) is 71.6 Å². The Kier molecular flexibility index (Phi) is 10.7. The molecular formula is C32H41N3O3S. The molecule has 0 radical (unpaired) electrons. The lowest BCUT2D eigenvalue weighted by atomic mass is 9.81. The zero-order valence-corrected chi connectivity index (χ0v) is 23.7. The molecule has 2 unspecified atom stereocenters. The van der Waals surface area contributed by atoms with Gasteiger partial charge in [-0.05, 0) is 86.4 Å². The first-order valence-electron chi connectivity index (χ1n) is 14.2. The normalized spacial score (nSPS) is 18.8. The zero-order chi connectivity index (χ0) is 27.6. The number of amides is 2. The van der Waals surface area contributed by atoms with Gasteiger partial charge in [-0.15, -0.1) is 0 Å². The fraction of sp³-hybridized carbons (Fsp3) is 0.438. The Bertz CT molecular complexity index is 1270. The van der Waals surface area contributed by atoms with E-state index in [1.807, 2.05) is 49.4 Å². The lowest BCUT2D eigenvalue weighted by Gasteiger charge is -2.26. The Labute approximate surface area is 234 Å². The van der Waals surface area contributed by atoms with E-state index in [0.717, 1.165) is 66.8 Å². The fourth-order valence-corrected chi connectivity index (χ4v) is 6.25. The van der Waals surface area contributed by atoms with Crippen LogP contribution in [0.25, 0.3) is 10.8 Å². The molecule has 2 atom stereocenters. The van der Waals surface area contributed by atoms with Crippen molar-refractivity contribution in [3.63, 3.8) is 0 Å². The summed E-state index contributed by atoms with van der Waals surface area (Å²) in [7, 11) is -1.62. The molecule has 2 amide bonds. The first kappa shape index (κ1) is 29.0. The quantitative estimate of drug-likeness (QED) is 0.260. The minimum absolute atomic E-state index is 0.114. The van der Waals surface area contributed by atoms with Gasteiger partial charge in [-0.1, -0.05) is 73.0 Å². The Morgan fingerprint density at radius 3 is 2.36 bits per heavy atom. The summed E-state index contributed by atoms with van der Waals surface area (Å²) in [5, 5.41) is 5.31. The van der Waals surface area contributed by atoms with Gasteiger partial charge in [-0.3, -0.25) is 14.3 Å². The Balaban J connectivity index is 1.32. The molecule has 3 aromatic rings. The van der Waals surface area contributed by atoms with Crippen molar-refractivity contribution in [2.45, 2.75) is 69.1 Å². The molecule has 4 N–H and O–H groups in total. The number of rotatable bonds is 12. The molecule has 3 aromatic carbocycles. The summed E-state index contributed by atoms with van der Waals surface area (Å²) >= 11 is 0. The molecule has 1 saturated carbocycles. The van der Waals surface area contributed by atoms with Gasteiger partial charge in [0, 0.05) is 12.5 Å². The molecule has 0 bridgehead atoms. The molecule has 0 heterocycles. The highest BCUT2D eigenvalue weighted by Gasteiger charge is 2.25. The number of nitrogens with one attached hydrogen (secondary N) is 2. The third-order valence-electron chi connectivity index (χ3n) is 7.94. The van der Waals surface area contributed by atoms with Gasteiger partial charge in [0.25, 0.3) is 0 Å². The minimum atomic E-state index is -1.62. The van der Waals surface area contributed by atoms with Crippen LogP contribution >= 0.6 is 0 Å². The van der Waals surface area contributed by atoms with Crippen LogP contribution in [-0.4, -0.2) is 29.1 Å². The van der Waals surface area contributed by atoms with Crippen LogP contribution in [0.5, 0.6) is 0 Å². The van der Waals surface area contributed by atoms with Crippen LogP contribution in [0.4, 0.5) is 0 Å². The van der Waals surface area contributed by atoms with Crippen molar-refractivity contribution < 1.29 is 13.8 Å². The smallest absolute Gasteiger partial charge is 0.239 e. The number of nitrogens with two attached hydrogens (primary N) is 1. The van der Waals surface area contributed by atoms with Crippen LogP contribution in [0.3, 0.4) is 0 Å². The van der Waals surface area contributed by atoms with E-state index >= 15 is 0 Å². The van der Waals surface area contributed by atoms with Gasteiger partial charge in [0.2, 0.25) is 11.8 Å². The van der Waals surface area contributed by atoms with Gasteiger partial charge in [-0.2, -0.15) is 0 Å². The number of unbranched alkanes of at least 4 members (excludes halogenated alkanes) is 2. The van der Waals surface area contributed by atoms with Crippen molar-refractivity contribution >= 4 is 33.6 Å². The van der Waals surface area contributed by atoms with Crippen LogP contribution < -0.4 is 15.8 Å². The van der Waals surface area contributed by atoms with E-state index in [0.29, 0.717) is 30.3 Å². The molecule has 208 valence electrons. The number of hydrogen-bond acceptors (Lipinski definition) is 4. The van der Waals surface area contributed by atoms with Gasteiger partial charge in [0.15, 0.2) is 11.0 Å². The molecule has 7 heteroatoms. The molecule has 6 nitrogen and oxygen atoms in total. The van der Waals surface area contributed by atoms with E-state index in [9.17, 15) is 13.8 Å². The van der Waals surface area contributed by atoms with Crippen molar-refractivity contribution in [1.29, 1.82) is 0 Å². The van der Waals surface area contributed by atoms with Gasteiger partial charge < -0.3 is 11.1 Å². The SMILES string of the molecule is Cc1ccc(S(=O)NC(=O)C(CCCCCNC(=O)C2CCC(CN)CC2)c2ccc3ccccc3c2)cc1. The molecule has 1 fully saturated rings. The second-order valence-corrected chi connectivity index (χ2v) is 12.0.